The van der Waals surface area contributed by atoms with Gasteiger partial charge < -0.3 is 19.7 Å². The number of hydrogen-bond donors (Lipinski definition) is 2. The molecule has 136 valence electrons. The number of nitrogens with zero attached hydrogens (tertiary/aromatic N) is 1. The number of methoxy groups -OCH3 is 1. The van der Waals surface area contributed by atoms with Crippen LogP contribution in [0.15, 0.2) is 71.7 Å². The number of phenols is 2. The summed E-state index contributed by atoms with van der Waals surface area (Å²) in [5.74, 6) is 0.227. The summed E-state index contributed by atoms with van der Waals surface area (Å²) in [4.78, 5) is 16.3. The molecule has 3 rings (SSSR count). The Bertz CT molecular complexity index is 980. The Morgan fingerprint density at radius 3 is 2.30 bits per heavy atom. The molecule has 0 bridgehead atoms. The van der Waals surface area contributed by atoms with Crippen molar-refractivity contribution in [1.82, 2.24) is 0 Å². The molecular weight excluding hydrogens is 346 g/mol. The van der Waals surface area contributed by atoms with Crippen LogP contribution in [0.3, 0.4) is 0 Å². The number of hydrogen-bond acceptors (Lipinski definition) is 6. The van der Waals surface area contributed by atoms with Gasteiger partial charge in [-0.25, -0.2) is 4.79 Å². The van der Waals surface area contributed by atoms with Crippen LogP contribution in [0.25, 0.3) is 0 Å². The molecule has 3 aromatic rings. The van der Waals surface area contributed by atoms with Gasteiger partial charge in [0.05, 0.1) is 12.7 Å². The third-order valence-electron chi connectivity index (χ3n) is 3.76. The number of aliphatic imine (C=N–C) groups is 1. The van der Waals surface area contributed by atoms with Crippen LogP contribution >= 0.6 is 0 Å². The van der Waals surface area contributed by atoms with Crippen molar-refractivity contribution in [3.63, 3.8) is 0 Å². The third-order valence-corrected chi connectivity index (χ3v) is 3.76. The van der Waals surface area contributed by atoms with Gasteiger partial charge in [-0.05, 0) is 48.5 Å². The third kappa shape index (κ3) is 4.43. The number of carbonyl (C=O) groups is 1. The second kappa shape index (κ2) is 8.05. The number of para-hydroxylation sites is 2. The van der Waals surface area contributed by atoms with E-state index in [1.54, 1.807) is 61.7 Å². The van der Waals surface area contributed by atoms with Gasteiger partial charge in [0, 0.05) is 17.8 Å². The maximum atomic E-state index is 12.2. The van der Waals surface area contributed by atoms with Gasteiger partial charge in [-0.1, -0.05) is 12.1 Å². The van der Waals surface area contributed by atoms with Crippen LogP contribution in [0.5, 0.6) is 23.0 Å². The van der Waals surface area contributed by atoms with Crippen molar-refractivity contribution in [3.8, 4) is 23.0 Å². The second-order valence-corrected chi connectivity index (χ2v) is 5.59. The predicted octanol–water partition coefficient (Wildman–Crippen LogP) is 4.08. The van der Waals surface area contributed by atoms with Crippen molar-refractivity contribution in [3.05, 3.63) is 77.9 Å². The van der Waals surface area contributed by atoms with E-state index >= 15 is 0 Å². The van der Waals surface area contributed by atoms with Crippen molar-refractivity contribution < 1.29 is 24.5 Å². The van der Waals surface area contributed by atoms with Crippen LogP contribution in [0.4, 0.5) is 5.69 Å². The molecule has 0 aliphatic carbocycles. The second-order valence-electron chi connectivity index (χ2n) is 5.59. The van der Waals surface area contributed by atoms with Gasteiger partial charge in [0.15, 0.2) is 0 Å². The van der Waals surface area contributed by atoms with E-state index in [4.69, 9.17) is 9.47 Å². The van der Waals surface area contributed by atoms with Crippen LogP contribution in [0, 0.1) is 0 Å². The van der Waals surface area contributed by atoms with Crippen molar-refractivity contribution in [1.29, 1.82) is 0 Å². The zero-order valence-corrected chi connectivity index (χ0v) is 14.5. The van der Waals surface area contributed by atoms with E-state index in [0.29, 0.717) is 22.6 Å². The molecule has 0 spiro atoms. The highest BCUT2D eigenvalue weighted by Gasteiger charge is 2.10. The minimum atomic E-state index is -0.548. The van der Waals surface area contributed by atoms with Crippen LogP contribution in [0.1, 0.15) is 15.9 Å². The average Bonchev–Trinajstić information content (AvgIpc) is 2.68. The van der Waals surface area contributed by atoms with E-state index in [9.17, 15) is 15.0 Å². The Kier molecular flexibility index (Phi) is 5.37. The summed E-state index contributed by atoms with van der Waals surface area (Å²) in [5.41, 5.74) is 1.16. The van der Waals surface area contributed by atoms with Gasteiger partial charge in [-0.2, -0.15) is 0 Å². The standard InChI is InChI=1S/C21H17NO5/c1-26-16-9-6-14(7-10-16)21(25)27-17-11-8-15(20(24)12-17)13-22-18-4-2-3-5-19(18)23/h2-13,23-24H,1H3. The number of benzene rings is 3. The van der Waals surface area contributed by atoms with E-state index < -0.39 is 5.97 Å². The van der Waals surface area contributed by atoms with Crippen LogP contribution in [0.2, 0.25) is 0 Å². The number of phenolic OH excluding ortho intramolecular Hbond substituents is 2. The Balaban J connectivity index is 1.72. The van der Waals surface area contributed by atoms with Crippen LogP contribution < -0.4 is 9.47 Å². The Labute approximate surface area is 156 Å². The molecule has 6 heteroatoms. The minimum Gasteiger partial charge on any atom is -0.507 e. The van der Waals surface area contributed by atoms with E-state index in [1.165, 1.54) is 18.3 Å². The summed E-state index contributed by atoms with van der Waals surface area (Å²) in [6.45, 7) is 0. The van der Waals surface area contributed by atoms with Crippen LogP contribution in [-0.4, -0.2) is 29.5 Å². The number of esters is 1. The molecule has 6 nitrogen and oxygen atoms in total. The SMILES string of the molecule is COc1ccc(C(=O)Oc2ccc(C=Nc3ccccc3O)c(O)c2)cc1. The van der Waals surface area contributed by atoms with E-state index in [-0.39, 0.29) is 17.2 Å². The first-order valence-corrected chi connectivity index (χ1v) is 8.08. The average molecular weight is 363 g/mol. The molecule has 0 saturated heterocycles. The first-order valence-electron chi connectivity index (χ1n) is 8.08. The quantitative estimate of drug-likeness (QED) is 0.405. The molecule has 0 saturated carbocycles. The summed E-state index contributed by atoms with van der Waals surface area (Å²) < 4.78 is 10.3. The molecule has 0 atom stereocenters. The van der Waals surface area contributed by atoms with Gasteiger partial charge in [-0.15, -0.1) is 0 Å². The summed E-state index contributed by atoms with van der Waals surface area (Å²) in [7, 11) is 1.54. The lowest BCUT2D eigenvalue weighted by molar-refractivity contribution is 0.0734. The minimum absolute atomic E-state index is 0.0401. The summed E-state index contributed by atoms with van der Waals surface area (Å²) in [6.07, 6.45) is 1.42. The van der Waals surface area contributed by atoms with Crippen molar-refractivity contribution in [2.45, 2.75) is 0 Å². The fourth-order valence-electron chi connectivity index (χ4n) is 2.30. The van der Waals surface area contributed by atoms with Crippen molar-refractivity contribution >= 4 is 17.9 Å². The first-order chi connectivity index (χ1) is 13.1. The van der Waals surface area contributed by atoms with E-state index in [1.807, 2.05) is 0 Å². The van der Waals surface area contributed by atoms with E-state index in [0.717, 1.165) is 0 Å². The first kappa shape index (κ1) is 18.0. The zero-order chi connectivity index (χ0) is 19.2. The molecule has 0 unspecified atom stereocenters. The largest absolute Gasteiger partial charge is 0.507 e. The summed E-state index contributed by atoms with van der Waals surface area (Å²) in [5, 5.41) is 19.8. The normalized spacial score (nSPS) is 10.7. The molecule has 0 fully saturated rings. The lowest BCUT2D eigenvalue weighted by Gasteiger charge is -2.07. The lowest BCUT2D eigenvalue weighted by atomic mass is 10.2. The Hall–Kier alpha value is -3.80. The highest BCUT2D eigenvalue weighted by molar-refractivity contribution is 5.91. The van der Waals surface area contributed by atoms with Gasteiger partial charge in [0.2, 0.25) is 0 Å². The number of ether oxygens (including phenoxy) is 2. The fraction of sp³-hybridized carbons (Fsp3) is 0.0476. The Morgan fingerprint density at radius 2 is 1.63 bits per heavy atom. The van der Waals surface area contributed by atoms with Gasteiger partial charge in [0.25, 0.3) is 0 Å². The highest BCUT2D eigenvalue weighted by atomic mass is 16.5. The van der Waals surface area contributed by atoms with Crippen molar-refractivity contribution in [2.24, 2.45) is 4.99 Å². The molecule has 0 aromatic heterocycles. The monoisotopic (exact) mass is 363 g/mol. The lowest BCUT2D eigenvalue weighted by Crippen LogP contribution is -2.08. The smallest absolute Gasteiger partial charge is 0.343 e. The molecule has 27 heavy (non-hydrogen) atoms. The molecule has 0 heterocycles. The van der Waals surface area contributed by atoms with Crippen LogP contribution in [-0.2, 0) is 0 Å². The molecule has 3 aromatic carbocycles. The molecule has 0 aliphatic heterocycles. The Morgan fingerprint density at radius 1 is 0.926 bits per heavy atom. The maximum Gasteiger partial charge on any atom is 0.343 e. The predicted molar refractivity (Wildman–Crippen MR) is 101 cm³/mol. The number of carbonyl (C=O) groups excluding carboxylic acids is 1. The number of rotatable bonds is 5. The molecule has 0 aliphatic rings. The molecule has 0 radical (unpaired) electrons. The van der Waals surface area contributed by atoms with Gasteiger partial charge in [0.1, 0.15) is 28.7 Å². The fourth-order valence-corrected chi connectivity index (χ4v) is 2.30. The molecular formula is C21H17NO5. The highest BCUT2D eigenvalue weighted by Crippen LogP contribution is 2.27. The summed E-state index contributed by atoms with van der Waals surface area (Å²) >= 11 is 0. The van der Waals surface area contributed by atoms with Gasteiger partial charge in [-0.3, -0.25) is 4.99 Å². The van der Waals surface area contributed by atoms with Gasteiger partial charge >= 0.3 is 5.97 Å². The summed E-state index contributed by atoms with van der Waals surface area (Å²) in [6, 6.07) is 17.5. The molecule has 2 N–H and O–H groups in total. The topological polar surface area (TPSA) is 88.4 Å². The van der Waals surface area contributed by atoms with Crippen molar-refractivity contribution in [2.75, 3.05) is 7.11 Å². The molecule has 0 amide bonds. The number of aromatic hydroxyl groups is 2. The van der Waals surface area contributed by atoms with E-state index in [2.05, 4.69) is 4.99 Å². The maximum absolute atomic E-state index is 12.2. The zero-order valence-electron chi connectivity index (χ0n) is 14.5.